The van der Waals surface area contributed by atoms with Crippen molar-refractivity contribution in [1.29, 1.82) is 0 Å². The minimum atomic E-state index is -0.165. The fraction of sp³-hybridized carbons (Fsp3) is 0.429. The number of piperazine rings is 1. The van der Waals surface area contributed by atoms with Gasteiger partial charge in [0.1, 0.15) is 5.75 Å². The van der Waals surface area contributed by atoms with E-state index in [0.717, 1.165) is 5.39 Å². The lowest BCUT2D eigenvalue weighted by molar-refractivity contribution is -0.122. The molecule has 1 aliphatic heterocycles. The second-order valence-corrected chi connectivity index (χ2v) is 7.45. The SMILES string of the molecule is CC(C)CNC(=O)CN1CCN(C(=O)c2ccc3ccccc3c2O)CC1. The topological polar surface area (TPSA) is 72.9 Å². The van der Waals surface area contributed by atoms with Crippen molar-refractivity contribution in [3.05, 3.63) is 42.0 Å². The second-order valence-electron chi connectivity index (χ2n) is 7.45. The molecular weight excluding hydrogens is 342 g/mol. The maximum absolute atomic E-state index is 12.8. The Balaban J connectivity index is 1.59. The number of carbonyl (C=O) groups is 2. The number of nitrogens with zero attached hydrogens (tertiary/aromatic N) is 2. The monoisotopic (exact) mass is 369 g/mol. The molecular formula is C21H27N3O3. The minimum Gasteiger partial charge on any atom is -0.506 e. The third kappa shape index (κ3) is 4.57. The van der Waals surface area contributed by atoms with Gasteiger partial charge in [-0.2, -0.15) is 0 Å². The number of nitrogens with one attached hydrogen (secondary N) is 1. The molecule has 0 aliphatic carbocycles. The van der Waals surface area contributed by atoms with Crippen molar-refractivity contribution >= 4 is 22.6 Å². The molecule has 1 aliphatic rings. The molecule has 0 atom stereocenters. The van der Waals surface area contributed by atoms with Crippen LogP contribution in [-0.2, 0) is 4.79 Å². The lowest BCUT2D eigenvalue weighted by atomic mass is 10.0. The van der Waals surface area contributed by atoms with Crippen LogP contribution in [0.2, 0.25) is 0 Å². The third-order valence-electron chi connectivity index (χ3n) is 4.87. The first-order chi connectivity index (χ1) is 13.0. The van der Waals surface area contributed by atoms with Crippen molar-refractivity contribution in [2.24, 2.45) is 5.92 Å². The number of rotatable bonds is 5. The van der Waals surface area contributed by atoms with E-state index in [4.69, 9.17) is 0 Å². The minimum absolute atomic E-state index is 0.0238. The highest BCUT2D eigenvalue weighted by Crippen LogP contribution is 2.29. The number of benzene rings is 2. The first-order valence-electron chi connectivity index (χ1n) is 9.44. The molecule has 2 N–H and O–H groups in total. The van der Waals surface area contributed by atoms with Crippen LogP contribution in [-0.4, -0.2) is 66.0 Å². The summed E-state index contributed by atoms with van der Waals surface area (Å²) >= 11 is 0. The first-order valence-corrected chi connectivity index (χ1v) is 9.44. The zero-order chi connectivity index (χ0) is 19.4. The molecule has 1 heterocycles. The van der Waals surface area contributed by atoms with Crippen LogP contribution in [0.5, 0.6) is 5.75 Å². The highest BCUT2D eigenvalue weighted by atomic mass is 16.3. The van der Waals surface area contributed by atoms with Gasteiger partial charge in [-0.15, -0.1) is 0 Å². The Hall–Kier alpha value is -2.60. The average Bonchev–Trinajstić information content (AvgIpc) is 2.67. The molecule has 6 nitrogen and oxygen atoms in total. The van der Waals surface area contributed by atoms with E-state index >= 15 is 0 Å². The number of phenols is 1. The Morgan fingerprint density at radius 3 is 2.48 bits per heavy atom. The predicted molar refractivity (Wildman–Crippen MR) is 106 cm³/mol. The molecule has 27 heavy (non-hydrogen) atoms. The summed E-state index contributed by atoms with van der Waals surface area (Å²) in [5, 5.41) is 15.0. The maximum Gasteiger partial charge on any atom is 0.257 e. The Morgan fingerprint density at radius 2 is 1.78 bits per heavy atom. The molecule has 2 aromatic carbocycles. The standard InChI is InChI=1S/C21H27N3O3/c1-15(2)13-22-19(25)14-23-9-11-24(12-10-23)21(27)18-8-7-16-5-3-4-6-17(16)20(18)26/h3-8,15,26H,9-14H2,1-2H3,(H,22,25). The first kappa shape index (κ1) is 19.2. The van der Waals surface area contributed by atoms with E-state index < -0.39 is 0 Å². The lowest BCUT2D eigenvalue weighted by Gasteiger charge is -2.34. The van der Waals surface area contributed by atoms with Gasteiger partial charge in [0.2, 0.25) is 5.91 Å². The molecule has 2 aromatic rings. The molecule has 0 unspecified atom stereocenters. The zero-order valence-corrected chi connectivity index (χ0v) is 15.9. The number of aromatic hydroxyl groups is 1. The van der Waals surface area contributed by atoms with Gasteiger partial charge in [0, 0.05) is 38.1 Å². The molecule has 2 amide bonds. The highest BCUT2D eigenvalue weighted by Gasteiger charge is 2.25. The Labute approximate surface area is 159 Å². The number of phenolic OH excluding ortho intramolecular Hbond substituents is 1. The van der Waals surface area contributed by atoms with Crippen LogP contribution in [0, 0.1) is 5.92 Å². The van der Waals surface area contributed by atoms with E-state index in [0.29, 0.717) is 56.1 Å². The molecule has 6 heteroatoms. The Morgan fingerprint density at radius 1 is 1.07 bits per heavy atom. The molecule has 0 saturated carbocycles. The summed E-state index contributed by atoms with van der Waals surface area (Å²) in [7, 11) is 0. The van der Waals surface area contributed by atoms with Gasteiger partial charge in [-0.3, -0.25) is 14.5 Å². The lowest BCUT2D eigenvalue weighted by Crippen LogP contribution is -2.51. The fourth-order valence-corrected chi connectivity index (χ4v) is 3.28. The molecule has 0 spiro atoms. The van der Waals surface area contributed by atoms with E-state index in [1.54, 1.807) is 11.0 Å². The van der Waals surface area contributed by atoms with Crippen molar-refractivity contribution < 1.29 is 14.7 Å². The summed E-state index contributed by atoms with van der Waals surface area (Å²) in [6.45, 7) is 7.55. The summed E-state index contributed by atoms with van der Waals surface area (Å²) in [5.41, 5.74) is 0.330. The van der Waals surface area contributed by atoms with Crippen LogP contribution in [0.15, 0.2) is 36.4 Å². The van der Waals surface area contributed by atoms with Gasteiger partial charge in [0.05, 0.1) is 12.1 Å². The third-order valence-corrected chi connectivity index (χ3v) is 4.87. The molecule has 0 bridgehead atoms. The van der Waals surface area contributed by atoms with E-state index in [2.05, 4.69) is 24.1 Å². The molecule has 144 valence electrons. The van der Waals surface area contributed by atoms with Crippen LogP contribution in [0.4, 0.5) is 0 Å². The van der Waals surface area contributed by atoms with Crippen LogP contribution in [0.25, 0.3) is 10.8 Å². The van der Waals surface area contributed by atoms with Crippen molar-refractivity contribution in [3.8, 4) is 5.75 Å². The van der Waals surface area contributed by atoms with Crippen LogP contribution in [0.1, 0.15) is 24.2 Å². The number of carbonyl (C=O) groups excluding carboxylic acids is 2. The summed E-state index contributed by atoms with van der Waals surface area (Å²) in [4.78, 5) is 28.6. The molecule has 1 fully saturated rings. The van der Waals surface area contributed by atoms with Gasteiger partial charge in [-0.05, 0) is 17.4 Å². The number of amides is 2. The Kier molecular flexibility index (Phi) is 5.96. The van der Waals surface area contributed by atoms with E-state index in [1.807, 2.05) is 30.3 Å². The summed E-state index contributed by atoms with van der Waals surface area (Å²) in [6, 6.07) is 11.0. The molecule has 0 aromatic heterocycles. The average molecular weight is 369 g/mol. The van der Waals surface area contributed by atoms with Crippen molar-refractivity contribution in [3.63, 3.8) is 0 Å². The fourth-order valence-electron chi connectivity index (χ4n) is 3.28. The molecule has 0 radical (unpaired) electrons. The quantitative estimate of drug-likeness (QED) is 0.846. The normalized spacial score (nSPS) is 15.3. The van der Waals surface area contributed by atoms with Gasteiger partial charge in [-0.25, -0.2) is 0 Å². The van der Waals surface area contributed by atoms with E-state index in [-0.39, 0.29) is 17.6 Å². The summed E-state index contributed by atoms with van der Waals surface area (Å²) in [5.74, 6) is 0.324. The van der Waals surface area contributed by atoms with Gasteiger partial charge < -0.3 is 15.3 Å². The van der Waals surface area contributed by atoms with E-state index in [1.165, 1.54) is 0 Å². The molecule has 3 rings (SSSR count). The van der Waals surface area contributed by atoms with Crippen molar-refractivity contribution in [2.75, 3.05) is 39.3 Å². The highest BCUT2D eigenvalue weighted by molar-refractivity contribution is 6.03. The maximum atomic E-state index is 12.8. The summed E-state index contributed by atoms with van der Waals surface area (Å²) in [6.07, 6.45) is 0. The number of hydrogen-bond acceptors (Lipinski definition) is 4. The van der Waals surface area contributed by atoms with Gasteiger partial charge >= 0.3 is 0 Å². The van der Waals surface area contributed by atoms with Gasteiger partial charge in [0.25, 0.3) is 5.91 Å². The van der Waals surface area contributed by atoms with Crippen LogP contribution in [0.3, 0.4) is 0 Å². The predicted octanol–water partition coefficient (Wildman–Crippen LogP) is 2.08. The van der Waals surface area contributed by atoms with Crippen LogP contribution < -0.4 is 5.32 Å². The number of hydrogen-bond donors (Lipinski definition) is 2. The molecule has 1 saturated heterocycles. The smallest absolute Gasteiger partial charge is 0.257 e. The van der Waals surface area contributed by atoms with Crippen LogP contribution >= 0.6 is 0 Å². The van der Waals surface area contributed by atoms with Gasteiger partial charge in [0.15, 0.2) is 0 Å². The van der Waals surface area contributed by atoms with Crippen molar-refractivity contribution in [2.45, 2.75) is 13.8 Å². The zero-order valence-electron chi connectivity index (χ0n) is 15.9. The largest absolute Gasteiger partial charge is 0.506 e. The van der Waals surface area contributed by atoms with Crippen molar-refractivity contribution in [1.82, 2.24) is 15.1 Å². The number of fused-ring (bicyclic) bond motifs is 1. The van der Waals surface area contributed by atoms with Gasteiger partial charge in [-0.1, -0.05) is 44.2 Å². The summed E-state index contributed by atoms with van der Waals surface area (Å²) < 4.78 is 0. The Bertz CT molecular complexity index is 827. The van der Waals surface area contributed by atoms with E-state index in [9.17, 15) is 14.7 Å². The second kappa shape index (κ2) is 8.39.